The topological polar surface area (TPSA) is 26.0 Å². The predicted molar refractivity (Wildman–Crippen MR) is 63.3 cm³/mol. The van der Waals surface area contributed by atoms with E-state index < -0.39 is 0 Å². The Kier molecular flexibility index (Phi) is 3.24. The maximum atomic E-state index is 6.00. The molecule has 0 radical (unpaired) electrons. The van der Waals surface area contributed by atoms with E-state index in [-0.39, 0.29) is 0 Å². The molecular formula is C12H16BrN. The van der Waals surface area contributed by atoms with Gasteiger partial charge in [0.25, 0.3) is 0 Å². The van der Waals surface area contributed by atoms with Crippen LogP contribution in [0.4, 0.5) is 0 Å². The number of hydrogen-bond donors (Lipinski definition) is 1. The van der Waals surface area contributed by atoms with Crippen molar-refractivity contribution in [3.63, 3.8) is 0 Å². The van der Waals surface area contributed by atoms with Gasteiger partial charge >= 0.3 is 0 Å². The van der Waals surface area contributed by atoms with Crippen molar-refractivity contribution >= 4 is 15.9 Å². The van der Waals surface area contributed by atoms with Crippen molar-refractivity contribution in [3.8, 4) is 0 Å². The molecule has 14 heavy (non-hydrogen) atoms. The van der Waals surface area contributed by atoms with Gasteiger partial charge in [0.2, 0.25) is 0 Å². The molecule has 0 bridgehead atoms. The van der Waals surface area contributed by atoms with Crippen molar-refractivity contribution in [2.24, 2.45) is 5.73 Å². The summed E-state index contributed by atoms with van der Waals surface area (Å²) >= 11 is 3.61. The second-order valence-corrected chi connectivity index (χ2v) is 5.00. The van der Waals surface area contributed by atoms with Crippen molar-refractivity contribution in [2.75, 3.05) is 0 Å². The highest BCUT2D eigenvalue weighted by atomic mass is 79.9. The van der Waals surface area contributed by atoms with E-state index in [1.807, 2.05) is 0 Å². The lowest BCUT2D eigenvalue weighted by atomic mass is 9.82. The highest BCUT2D eigenvalue weighted by Gasteiger charge is 2.21. The minimum absolute atomic E-state index is 0.404. The summed E-state index contributed by atoms with van der Waals surface area (Å²) in [6, 6.07) is 8.92. The predicted octanol–water partition coefficient (Wildman–Crippen LogP) is 3.43. The van der Waals surface area contributed by atoms with Gasteiger partial charge in [0.15, 0.2) is 0 Å². The third kappa shape index (κ3) is 2.18. The van der Waals surface area contributed by atoms with Crippen LogP contribution >= 0.6 is 15.9 Å². The van der Waals surface area contributed by atoms with Gasteiger partial charge in [0, 0.05) is 10.5 Å². The molecule has 2 heteroatoms. The Labute approximate surface area is 93.8 Å². The number of rotatable bonds is 1. The Morgan fingerprint density at radius 3 is 2.71 bits per heavy atom. The molecule has 1 aliphatic rings. The van der Waals surface area contributed by atoms with Gasteiger partial charge in [0.1, 0.15) is 0 Å². The van der Waals surface area contributed by atoms with E-state index in [2.05, 4.69) is 40.2 Å². The number of hydrogen-bond acceptors (Lipinski definition) is 1. The Balaban J connectivity index is 2.18. The fourth-order valence-electron chi connectivity index (χ4n) is 2.32. The number of halogens is 1. The van der Waals surface area contributed by atoms with Crippen LogP contribution in [0.1, 0.15) is 37.2 Å². The standard InChI is InChI=1S/C12H16BrN/c13-12-7-2-1-6-11(12)9-4-3-5-10(14)8-9/h1-2,6-7,9-10H,3-5,8,14H2. The quantitative estimate of drug-likeness (QED) is 0.816. The van der Waals surface area contributed by atoms with Crippen molar-refractivity contribution in [1.82, 2.24) is 0 Å². The molecule has 0 aliphatic heterocycles. The van der Waals surface area contributed by atoms with Gasteiger partial charge in [-0.05, 0) is 36.8 Å². The Morgan fingerprint density at radius 2 is 2.00 bits per heavy atom. The summed E-state index contributed by atoms with van der Waals surface area (Å²) in [4.78, 5) is 0. The first-order valence-corrected chi connectivity index (χ1v) is 6.06. The van der Waals surface area contributed by atoms with Crippen LogP contribution in [-0.4, -0.2) is 6.04 Å². The number of benzene rings is 1. The third-order valence-electron chi connectivity index (χ3n) is 3.06. The normalized spacial score (nSPS) is 27.6. The summed E-state index contributed by atoms with van der Waals surface area (Å²) < 4.78 is 1.24. The monoisotopic (exact) mass is 253 g/mol. The molecule has 1 fully saturated rings. The van der Waals surface area contributed by atoms with Gasteiger partial charge < -0.3 is 5.73 Å². The summed E-state index contributed by atoms with van der Waals surface area (Å²) in [5.41, 5.74) is 7.43. The van der Waals surface area contributed by atoms with E-state index in [0.717, 1.165) is 6.42 Å². The lowest BCUT2D eigenvalue weighted by Gasteiger charge is -2.27. The molecule has 2 rings (SSSR count). The second kappa shape index (κ2) is 4.45. The molecule has 0 spiro atoms. The average molecular weight is 254 g/mol. The number of nitrogens with two attached hydrogens (primary N) is 1. The zero-order valence-electron chi connectivity index (χ0n) is 8.25. The van der Waals surface area contributed by atoms with Crippen LogP contribution in [-0.2, 0) is 0 Å². The van der Waals surface area contributed by atoms with Gasteiger partial charge in [-0.2, -0.15) is 0 Å². The molecule has 1 saturated carbocycles. The molecule has 1 nitrogen and oxygen atoms in total. The largest absolute Gasteiger partial charge is 0.328 e. The fraction of sp³-hybridized carbons (Fsp3) is 0.500. The Morgan fingerprint density at radius 1 is 1.21 bits per heavy atom. The van der Waals surface area contributed by atoms with Gasteiger partial charge in [-0.15, -0.1) is 0 Å². The molecule has 76 valence electrons. The minimum Gasteiger partial charge on any atom is -0.328 e. The first kappa shape index (κ1) is 10.2. The first-order valence-electron chi connectivity index (χ1n) is 5.27. The van der Waals surface area contributed by atoms with Crippen LogP contribution in [0.5, 0.6) is 0 Å². The van der Waals surface area contributed by atoms with E-state index in [4.69, 9.17) is 5.73 Å². The lowest BCUT2D eigenvalue weighted by Crippen LogP contribution is -2.26. The average Bonchev–Trinajstić information content (AvgIpc) is 2.18. The zero-order chi connectivity index (χ0) is 9.97. The van der Waals surface area contributed by atoms with Crippen LogP contribution in [0.15, 0.2) is 28.7 Å². The summed E-state index contributed by atoms with van der Waals surface area (Å²) in [6.07, 6.45) is 4.90. The van der Waals surface area contributed by atoms with Crippen LogP contribution in [0.25, 0.3) is 0 Å². The first-order chi connectivity index (χ1) is 6.77. The zero-order valence-corrected chi connectivity index (χ0v) is 9.83. The van der Waals surface area contributed by atoms with Crippen molar-refractivity contribution in [3.05, 3.63) is 34.3 Å². The SMILES string of the molecule is NC1CCCC(c2ccccc2Br)C1. The van der Waals surface area contributed by atoms with Crippen molar-refractivity contribution in [2.45, 2.75) is 37.6 Å². The molecule has 1 aliphatic carbocycles. The van der Waals surface area contributed by atoms with E-state index >= 15 is 0 Å². The van der Waals surface area contributed by atoms with Crippen LogP contribution < -0.4 is 5.73 Å². The molecule has 1 aromatic rings. The summed E-state index contributed by atoms with van der Waals surface area (Å²) in [5, 5.41) is 0. The summed E-state index contributed by atoms with van der Waals surface area (Å²) in [7, 11) is 0. The molecule has 0 saturated heterocycles. The third-order valence-corrected chi connectivity index (χ3v) is 3.78. The van der Waals surface area contributed by atoms with Crippen LogP contribution in [0.2, 0.25) is 0 Å². The van der Waals surface area contributed by atoms with Crippen molar-refractivity contribution in [1.29, 1.82) is 0 Å². The molecule has 2 atom stereocenters. The Hall–Kier alpha value is -0.340. The molecular weight excluding hydrogens is 238 g/mol. The summed E-state index contributed by atoms with van der Waals surface area (Å²) in [6.45, 7) is 0. The molecule has 0 amide bonds. The van der Waals surface area contributed by atoms with Gasteiger partial charge in [-0.25, -0.2) is 0 Å². The molecule has 1 aromatic carbocycles. The van der Waals surface area contributed by atoms with Gasteiger partial charge in [-0.1, -0.05) is 40.5 Å². The van der Waals surface area contributed by atoms with Gasteiger partial charge in [-0.3, -0.25) is 0 Å². The second-order valence-electron chi connectivity index (χ2n) is 4.15. The highest BCUT2D eigenvalue weighted by Crippen LogP contribution is 2.35. The molecule has 2 unspecified atom stereocenters. The van der Waals surface area contributed by atoms with E-state index in [9.17, 15) is 0 Å². The summed E-state index contributed by atoms with van der Waals surface area (Å²) in [5.74, 6) is 0.661. The molecule has 2 N–H and O–H groups in total. The fourth-order valence-corrected chi connectivity index (χ4v) is 2.92. The van der Waals surface area contributed by atoms with Crippen LogP contribution in [0, 0.1) is 0 Å². The minimum atomic E-state index is 0.404. The van der Waals surface area contributed by atoms with E-state index in [1.165, 1.54) is 29.3 Å². The highest BCUT2D eigenvalue weighted by molar-refractivity contribution is 9.10. The smallest absolute Gasteiger partial charge is 0.0210 e. The maximum Gasteiger partial charge on any atom is 0.0210 e. The molecule has 0 heterocycles. The van der Waals surface area contributed by atoms with Crippen molar-refractivity contribution < 1.29 is 0 Å². The van der Waals surface area contributed by atoms with Crippen LogP contribution in [0.3, 0.4) is 0 Å². The maximum absolute atomic E-state index is 6.00. The van der Waals surface area contributed by atoms with E-state index in [0.29, 0.717) is 12.0 Å². The van der Waals surface area contributed by atoms with Gasteiger partial charge in [0.05, 0.1) is 0 Å². The Bertz CT molecular complexity index is 311. The van der Waals surface area contributed by atoms with E-state index in [1.54, 1.807) is 0 Å². The molecule has 0 aromatic heterocycles. The lowest BCUT2D eigenvalue weighted by molar-refractivity contribution is 0.392.